The van der Waals surface area contributed by atoms with Crippen LogP contribution in [-0.4, -0.2) is 33.9 Å². The molecule has 1 aromatic heterocycles. The zero-order chi connectivity index (χ0) is 25.9. The van der Waals surface area contributed by atoms with Crippen LogP contribution in [0.2, 0.25) is 0 Å². The molecule has 184 valence electrons. The number of hydrogen-bond donors (Lipinski definition) is 1. The first-order chi connectivity index (χ1) is 17.9. The summed E-state index contributed by atoms with van der Waals surface area (Å²) in [5.74, 6) is 0.0967. The summed E-state index contributed by atoms with van der Waals surface area (Å²) in [6.45, 7) is 1.41. The molecule has 0 aliphatic carbocycles. The molecule has 1 fully saturated rings. The topological polar surface area (TPSA) is 93.5 Å². The van der Waals surface area contributed by atoms with Crippen molar-refractivity contribution < 1.29 is 19.1 Å². The molecule has 5 rings (SSSR count). The summed E-state index contributed by atoms with van der Waals surface area (Å²) in [7, 11) is 1.61. The number of nitrogens with zero attached hydrogens (tertiary/aromatic N) is 3. The summed E-state index contributed by atoms with van der Waals surface area (Å²) in [6, 6.07) is 23.7. The number of ether oxygens (including phenoxy) is 1. The van der Waals surface area contributed by atoms with E-state index < -0.39 is 11.1 Å². The second-order valence-electron chi connectivity index (χ2n) is 8.19. The lowest BCUT2D eigenvalue weighted by Gasteiger charge is -2.13. The van der Waals surface area contributed by atoms with Crippen molar-refractivity contribution >= 4 is 46.3 Å². The first-order valence-electron chi connectivity index (χ1n) is 11.4. The molecule has 0 atom stereocenters. The molecule has 37 heavy (non-hydrogen) atoms. The first-order valence-corrected chi connectivity index (χ1v) is 12.2. The van der Waals surface area contributed by atoms with Gasteiger partial charge in [-0.05, 0) is 78.5 Å². The number of benzene rings is 3. The lowest BCUT2D eigenvalue weighted by atomic mass is 10.1. The highest BCUT2D eigenvalue weighted by atomic mass is 32.2. The van der Waals surface area contributed by atoms with Crippen LogP contribution in [0.3, 0.4) is 0 Å². The molecular weight excluding hydrogens is 488 g/mol. The van der Waals surface area contributed by atoms with Crippen LogP contribution in [-0.2, 0) is 9.59 Å². The molecule has 0 bridgehead atoms. The highest BCUT2D eigenvalue weighted by Crippen LogP contribution is 2.37. The molecule has 0 spiro atoms. The van der Waals surface area contributed by atoms with Gasteiger partial charge in [0.15, 0.2) is 0 Å². The molecule has 3 aromatic carbocycles. The van der Waals surface area contributed by atoms with Crippen molar-refractivity contribution in [1.82, 2.24) is 9.78 Å². The number of methoxy groups -OCH3 is 1. The highest BCUT2D eigenvalue weighted by Gasteiger charge is 2.36. The van der Waals surface area contributed by atoms with Gasteiger partial charge in [-0.15, -0.1) is 0 Å². The Bertz CT molecular complexity index is 1510. The van der Waals surface area contributed by atoms with Crippen LogP contribution >= 0.6 is 11.8 Å². The third-order valence-corrected chi connectivity index (χ3v) is 6.52. The van der Waals surface area contributed by atoms with Gasteiger partial charge in [-0.2, -0.15) is 5.10 Å². The number of hydrogen-bond acceptors (Lipinski definition) is 6. The van der Waals surface area contributed by atoms with E-state index in [0.717, 1.165) is 33.7 Å². The fourth-order valence-corrected chi connectivity index (χ4v) is 4.74. The summed E-state index contributed by atoms with van der Waals surface area (Å²) in [4.78, 5) is 38.8. The predicted molar refractivity (Wildman–Crippen MR) is 145 cm³/mol. The average molecular weight is 511 g/mol. The van der Waals surface area contributed by atoms with Gasteiger partial charge in [-0.3, -0.25) is 14.4 Å². The van der Waals surface area contributed by atoms with Gasteiger partial charge < -0.3 is 10.1 Å². The lowest BCUT2D eigenvalue weighted by molar-refractivity contribution is -0.114. The summed E-state index contributed by atoms with van der Waals surface area (Å²) >= 11 is 0.873. The number of para-hydroxylation sites is 1. The van der Waals surface area contributed by atoms with Crippen molar-refractivity contribution in [1.29, 1.82) is 0 Å². The normalized spacial score (nSPS) is 14.3. The minimum Gasteiger partial charge on any atom is -0.497 e. The van der Waals surface area contributed by atoms with Crippen molar-refractivity contribution in [3.63, 3.8) is 0 Å². The summed E-state index contributed by atoms with van der Waals surface area (Å²) in [5.41, 5.74) is 4.07. The van der Waals surface area contributed by atoms with Gasteiger partial charge in [0, 0.05) is 29.9 Å². The van der Waals surface area contributed by atoms with Gasteiger partial charge >= 0.3 is 0 Å². The molecule has 1 aliphatic heterocycles. The second kappa shape index (κ2) is 10.2. The summed E-state index contributed by atoms with van der Waals surface area (Å²) in [6.07, 6.45) is 3.54. The maximum absolute atomic E-state index is 13.3. The zero-order valence-electron chi connectivity index (χ0n) is 20.0. The molecule has 1 saturated heterocycles. The van der Waals surface area contributed by atoms with E-state index in [9.17, 15) is 14.4 Å². The van der Waals surface area contributed by atoms with E-state index in [2.05, 4.69) is 5.32 Å². The lowest BCUT2D eigenvalue weighted by Crippen LogP contribution is -2.27. The molecular formula is C28H22N4O4S. The molecule has 0 saturated carbocycles. The smallest absolute Gasteiger partial charge is 0.298 e. The fourth-order valence-electron chi connectivity index (χ4n) is 3.91. The molecule has 2 heterocycles. The van der Waals surface area contributed by atoms with E-state index in [1.165, 1.54) is 6.92 Å². The van der Waals surface area contributed by atoms with Crippen LogP contribution in [0, 0.1) is 0 Å². The largest absolute Gasteiger partial charge is 0.497 e. The SMILES string of the molecule is COc1ccc(-c2nn(-c3ccccc3)cc2/C=C2\SC(=O)N(c3ccc(NC(C)=O)cc3)C2=O)cc1. The number of aromatic nitrogens is 2. The first kappa shape index (κ1) is 24.1. The molecule has 1 N–H and O–H groups in total. The Morgan fingerprint density at radius 1 is 0.946 bits per heavy atom. The minimum atomic E-state index is -0.421. The molecule has 3 amide bonds. The third-order valence-electron chi connectivity index (χ3n) is 5.65. The Labute approximate surface area is 217 Å². The van der Waals surface area contributed by atoms with Gasteiger partial charge in [0.1, 0.15) is 5.75 Å². The maximum atomic E-state index is 13.3. The number of rotatable bonds is 6. The van der Waals surface area contributed by atoms with E-state index in [1.807, 2.05) is 60.8 Å². The Balaban J connectivity index is 1.51. The number of nitrogens with one attached hydrogen (secondary N) is 1. The standard InChI is InChI=1S/C28H22N4O4S/c1-18(33)29-21-10-12-23(13-11-21)32-27(34)25(37-28(32)35)16-20-17-31(22-6-4-3-5-7-22)30-26(20)19-8-14-24(36-2)15-9-19/h3-17H,1-2H3,(H,29,33)/b25-16-. The number of amides is 3. The third kappa shape index (κ3) is 5.03. The van der Waals surface area contributed by atoms with E-state index in [1.54, 1.807) is 42.1 Å². The number of carbonyl (C=O) groups excluding carboxylic acids is 3. The van der Waals surface area contributed by atoms with Crippen LogP contribution < -0.4 is 15.0 Å². The van der Waals surface area contributed by atoms with Crippen molar-refractivity contribution in [3.05, 3.63) is 95.5 Å². The Morgan fingerprint density at radius 3 is 2.30 bits per heavy atom. The van der Waals surface area contributed by atoms with Crippen LogP contribution in [0.4, 0.5) is 16.2 Å². The predicted octanol–water partition coefficient (Wildman–Crippen LogP) is 5.75. The van der Waals surface area contributed by atoms with Crippen molar-refractivity contribution in [3.8, 4) is 22.7 Å². The van der Waals surface area contributed by atoms with Crippen LogP contribution in [0.1, 0.15) is 12.5 Å². The van der Waals surface area contributed by atoms with E-state index in [-0.39, 0.29) is 5.91 Å². The molecule has 9 heteroatoms. The van der Waals surface area contributed by atoms with E-state index in [4.69, 9.17) is 9.84 Å². The molecule has 0 radical (unpaired) electrons. The Morgan fingerprint density at radius 2 is 1.65 bits per heavy atom. The molecule has 0 unspecified atom stereocenters. The summed E-state index contributed by atoms with van der Waals surface area (Å²) < 4.78 is 7.02. The monoisotopic (exact) mass is 510 g/mol. The summed E-state index contributed by atoms with van der Waals surface area (Å²) in [5, 5.41) is 7.05. The van der Waals surface area contributed by atoms with Gasteiger partial charge in [0.05, 0.1) is 29.1 Å². The highest BCUT2D eigenvalue weighted by molar-refractivity contribution is 8.19. The van der Waals surface area contributed by atoms with Crippen molar-refractivity contribution in [2.75, 3.05) is 17.3 Å². The molecule has 8 nitrogen and oxygen atoms in total. The zero-order valence-corrected chi connectivity index (χ0v) is 20.9. The average Bonchev–Trinajstić information content (AvgIpc) is 3.45. The maximum Gasteiger partial charge on any atom is 0.298 e. The number of imide groups is 1. The van der Waals surface area contributed by atoms with E-state index in [0.29, 0.717) is 27.5 Å². The molecule has 1 aliphatic rings. The van der Waals surface area contributed by atoms with E-state index >= 15 is 0 Å². The number of carbonyl (C=O) groups is 3. The van der Waals surface area contributed by atoms with Crippen LogP contribution in [0.25, 0.3) is 23.0 Å². The quantitative estimate of drug-likeness (QED) is 0.332. The fraction of sp³-hybridized carbons (Fsp3) is 0.0714. The second-order valence-corrected chi connectivity index (χ2v) is 9.18. The Hall–Kier alpha value is -4.63. The molecule has 4 aromatic rings. The van der Waals surface area contributed by atoms with Gasteiger partial charge in [-0.25, -0.2) is 9.58 Å². The number of thioether (sulfide) groups is 1. The number of anilines is 2. The Kier molecular flexibility index (Phi) is 6.61. The van der Waals surface area contributed by atoms with Crippen molar-refractivity contribution in [2.24, 2.45) is 0 Å². The van der Waals surface area contributed by atoms with Gasteiger partial charge in [0.25, 0.3) is 11.1 Å². The van der Waals surface area contributed by atoms with Crippen LogP contribution in [0.5, 0.6) is 5.75 Å². The van der Waals surface area contributed by atoms with Gasteiger partial charge in [0.2, 0.25) is 5.91 Å². The van der Waals surface area contributed by atoms with Gasteiger partial charge in [-0.1, -0.05) is 18.2 Å². The van der Waals surface area contributed by atoms with Crippen LogP contribution in [0.15, 0.2) is 90.0 Å². The minimum absolute atomic E-state index is 0.203. The van der Waals surface area contributed by atoms with Crippen molar-refractivity contribution in [2.45, 2.75) is 6.92 Å².